The third-order valence-corrected chi connectivity index (χ3v) is 9.92. The molecule has 2 saturated carbocycles. The van der Waals surface area contributed by atoms with E-state index in [1.165, 1.54) is 4.90 Å². The maximum absolute atomic E-state index is 12.9. The Bertz CT molecular complexity index is 816. The number of anilines is 1. The second-order valence-electron chi connectivity index (χ2n) is 8.42. The summed E-state index contributed by atoms with van der Waals surface area (Å²) in [7, 11) is 1.59. The van der Waals surface area contributed by atoms with Crippen LogP contribution in [0.15, 0.2) is 24.3 Å². The molecule has 8 heteroatoms. The van der Waals surface area contributed by atoms with Crippen molar-refractivity contribution in [3.8, 4) is 5.75 Å². The normalized spacial score (nSPS) is 31.9. The lowest BCUT2D eigenvalue weighted by molar-refractivity contribution is -0.140. The molecule has 162 valence electrons. The highest BCUT2D eigenvalue weighted by molar-refractivity contribution is 9.12. The molecule has 1 N–H and O–H groups in total. The number of carbonyl (C=O) groups excluding carboxylic acids is 3. The summed E-state index contributed by atoms with van der Waals surface area (Å²) < 4.78 is 5.16. The molecule has 1 heterocycles. The number of alkyl halides is 2. The van der Waals surface area contributed by atoms with E-state index in [0.29, 0.717) is 24.4 Å². The van der Waals surface area contributed by atoms with Crippen molar-refractivity contribution >= 4 is 55.3 Å². The van der Waals surface area contributed by atoms with E-state index in [-0.39, 0.29) is 51.0 Å². The number of ether oxygens (including phenoxy) is 1. The van der Waals surface area contributed by atoms with Gasteiger partial charge in [-0.15, -0.1) is 0 Å². The fourth-order valence-corrected chi connectivity index (χ4v) is 7.16. The Kier molecular flexibility index (Phi) is 6.53. The van der Waals surface area contributed by atoms with Crippen molar-refractivity contribution < 1.29 is 19.1 Å². The Balaban J connectivity index is 1.20. The van der Waals surface area contributed by atoms with Crippen LogP contribution < -0.4 is 10.1 Å². The molecule has 1 aromatic carbocycles. The van der Waals surface area contributed by atoms with Gasteiger partial charge in [0.25, 0.3) is 0 Å². The van der Waals surface area contributed by atoms with Gasteiger partial charge in [0.2, 0.25) is 17.7 Å². The van der Waals surface area contributed by atoms with Crippen molar-refractivity contribution in [1.29, 1.82) is 0 Å². The van der Waals surface area contributed by atoms with Crippen LogP contribution in [0.2, 0.25) is 0 Å². The highest BCUT2D eigenvalue weighted by atomic mass is 79.9. The average molecular weight is 542 g/mol. The second kappa shape index (κ2) is 8.99. The van der Waals surface area contributed by atoms with Gasteiger partial charge in [-0.05, 0) is 43.2 Å². The number of methoxy groups -OCH3 is 1. The quantitative estimate of drug-likeness (QED) is 0.307. The van der Waals surface area contributed by atoms with Crippen molar-refractivity contribution in [2.24, 2.45) is 23.7 Å². The molecule has 6 nitrogen and oxygen atoms in total. The Morgan fingerprint density at radius 2 is 1.77 bits per heavy atom. The fraction of sp³-hybridized carbons (Fsp3) is 0.591. The minimum atomic E-state index is -0.144. The third-order valence-electron chi connectivity index (χ3n) is 6.72. The fourth-order valence-electron chi connectivity index (χ4n) is 5.29. The Labute approximate surface area is 193 Å². The van der Waals surface area contributed by atoms with Gasteiger partial charge < -0.3 is 10.1 Å². The molecule has 4 rings (SSSR count). The van der Waals surface area contributed by atoms with E-state index < -0.39 is 0 Å². The standard InChI is InChI=1S/C22H26Br2N2O4/c1-30-13-7-5-6-12(10-13)25-16(27)8-3-2-4-9-26-21(28)17-14-11-15(18(17)22(26)29)20(24)19(14)23/h5-7,10,14-15,17-20H,2-4,8-9,11H2,1H3,(H,25,27)/t14-,15-,17-,18+,19+,20+/m1/s1. The summed E-state index contributed by atoms with van der Waals surface area (Å²) in [6.07, 6.45) is 3.61. The Morgan fingerprint density at radius 1 is 1.10 bits per heavy atom. The number of likely N-dealkylation sites (tertiary alicyclic amines) is 1. The number of hydrogen-bond acceptors (Lipinski definition) is 4. The van der Waals surface area contributed by atoms with Crippen molar-refractivity contribution in [2.45, 2.75) is 41.8 Å². The monoisotopic (exact) mass is 540 g/mol. The van der Waals surface area contributed by atoms with Crippen LogP contribution in [0.5, 0.6) is 5.75 Å². The topological polar surface area (TPSA) is 75.7 Å². The predicted octanol–water partition coefficient (Wildman–Crippen LogP) is 3.97. The third kappa shape index (κ3) is 3.93. The highest BCUT2D eigenvalue weighted by Crippen LogP contribution is 2.60. The van der Waals surface area contributed by atoms with E-state index in [1.807, 2.05) is 18.2 Å². The number of benzene rings is 1. The molecule has 3 fully saturated rings. The summed E-state index contributed by atoms with van der Waals surface area (Å²) >= 11 is 7.42. The molecule has 1 aliphatic heterocycles. The van der Waals surface area contributed by atoms with Crippen LogP contribution in [-0.2, 0) is 14.4 Å². The van der Waals surface area contributed by atoms with Crippen LogP contribution in [0.1, 0.15) is 32.1 Å². The van der Waals surface area contributed by atoms with Gasteiger partial charge in [0.15, 0.2) is 0 Å². The van der Waals surface area contributed by atoms with Crippen molar-refractivity contribution in [3.63, 3.8) is 0 Å². The lowest BCUT2D eigenvalue weighted by atomic mass is 9.81. The molecule has 1 saturated heterocycles. The molecule has 3 amide bonds. The second-order valence-corrected chi connectivity index (χ2v) is 10.5. The van der Waals surface area contributed by atoms with E-state index in [4.69, 9.17) is 4.74 Å². The van der Waals surface area contributed by atoms with Crippen LogP contribution in [0, 0.1) is 23.7 Å². The number of imide groups is 1. The van der Waals surface area contributed by atoms with E-state index in [2.05, 4.69) is 37.2 Å². The highest BCUT2D eigenvalue weighted by Gasteiger charge is 2.66. The largest absolute Gasteiger partial charge is 0.497 e. The van der Waals surface area contributed by atoms with Gasteiger partial charge in [0.05, 0.1) is 18.9 Å². The number of carbonyl (C=O) groups is 3. The number of fused-ring (bicyclic) bond motifs is 5. The summed E-state index contributed by atoms with van der Waals surface area (Å²) in [5.41, 5.74) is 0.712. The summed E-state index contributed by atoms with van der Waals surface area (Å²) in [5, 5.41) is 2.87. The predicted molar refractivity (Wildman–Crippen MR) is 121 cm³/mol. The molecular formula is C22H26Br2N2O4. The van der Waals surface area contributed by atoms with Crippen molar-refractivity contribution in [2.75, 3.05) is 19.0 Å². The first-order valence-corrected chi connectivity index (χ1v) is 12.3. The number of rotatable bonds is 8. The molecule has 0 aromatic heterocycles. The molecule has 0 unspecified atom stereocenters. The van der Waals surface area contributed by atoms with Crippen LogP contribution in [0.4, 0.5) is 5.69 Å². The molecular weight excluding hydrogens is 516 g/mol. The van der Waals surface area contributed by atoms with E-state index in [0.717, 1.165) is 25.7 Å². The number of nitrogens with one attached hydrogen (secondary N) is 1. The summed E-state index contributed by atoms with van der Waals surface area (Å²) in [5.74, 6) is 0.896. The maximum atomic E-state index is 12.9. The van der Waals surface area contributed by atoms with E-state index in [1.54, 1.807) is 13.2 Å². The smallest absolute Gasteiger partial charge is 0.233 e. The van der Waals surface area contributed by atoms with Crippen LogP contribution in [-0.4, -0.2) is 45.9 Å². The first-order chi connectivity index (χ1) is 14.4. The van der Waals surface area contributed by atoms with Gasteiger partial charge in [0, 0.05) is 34.4 Å². The molecule has 6 atom stereocenters. The number of unbranched alkanes of at least 4 members (excludes halogenated alkanes) is 2. The molecule has 0 spiro atoms. The van der Waals surface area contributed by atoms with Crippen molar-refractivity contribution in [3.05, 3.63) is 24.3 Å². The first-order valence-electron chi connectivity index (χ1n) is 10.5. The number of amides is 3. The molecule has 2 bridgehead atoms. The molecule has 2 aliphatic carbocycles. The Hall–Kier alpha value is -1.41. The maximum Gasteiger partial charge on any atom is 0.233 e. The van der Waals surface area contributed by atoms with E-state index >= 15 is 0 Å². The van der Waals surface area contributed by atoms with Gasteiger partial charge in [-0.25, -0.2) is 0 Å². The zero-order valence-electron chi connectivity index (χ0n) is 16.9. The molecule has 3 aliphatic rings. The van der Waals surface area contributed by atoms with Crippen LogP contribution in [0.3, 0.4) is 0 Å². The molecule has 1 aromatic rings. The summed E-state index contributed by atoms with van der Waals surface area (Å²) in [6.45, 7) is 0.460. The van der Waals surface area contributed by atoms with Crippen LogP contribution >= 0.6 is 31.9 Å². The zero-order chi connectivity index (χ0) is 21.4. The van der Waals surface area contributed by atoms with Gasteiger partial charge in [-0.3, -0.25) is 19.3 Å². The van der Waals surface area contributed by atoms with E-state index in [9.17, 15) is 14.4 Å². The number of halogens is 2. The summed E-state index contributed by atoms with van der Waals surface area (Å²) in [4.78, 5) is 39.9. The van der Waals surface area contributed by atoms with Gasteiger partial charge in [-0.1, -0.05) is 44.3 Å². The van der Waals surface area contributed by atoms with Gasteiger partial charge in [-0.2, -0.15) is 0 Å². The minimum absolute atomic E-state index is 0.0112. The van der Waals surface area contributed by atoms with Crippen molar-refractivity contribution in [1.82, 2.24) is 4.90 Å². The summed E-state index contributed by atoms with van der Waals surface area (Å²) in [6, 6.07) is 7.26. The SMILES string of the molecule is COc1cccc(NC(=O)CCCCCN2C(=O)[C@@H]3[C@H]4C[C@@H]([C@H](Br)[C@H]4Br)[C@@H]3C2=O)c1. The lowest BCUT2D eigenvalue weighted by Crippen LogP contribution is -2.37. The van der Waals surface area contributed by atoms with Crippen LogP contribution in [0.25, 0.3) is 0 Å². The zero-order valence-corrected chi connectivity index (χ0v) is 20.0. The van der Waals surface area contributed by atoms with Gasteiger partial charge >= 0.3 is 0 Å². The van der Waals surface area contributed by atoms with Gasteiger partial charge in [0.1, 0.15) is 5.75 Å². The number of nitrogens with zero attached hydrogens (tertiary/aromatic N) is 1. The molecule has 0 radical (unpaired) electrons. The number of hydrogen-bond donors (Lipinski definition) is 1. The minimum Gasteiger partial charge on any atom is -0.497 e. The average Bonchev–Trinajstić information content (AvgIpc) is 3.34. The Morgan fingerprint density at radius 3 is 2.40 bits per heavy atom. The first kappa shape index (κ1) is 21.8. The lowest BCUT2D eigenvalue weighted by Gasteiger charge is -2.28. The molecule has 30 heavy (non-hydrogen) atoms.